The van der Waals surface area contributed by atoms with Crippen molar-refractivity contribution in [2.75, 3.05) is 0 Å². The fourth-order valence-electron chi connectivity index (χ4n) is 3.78. The second-order valence-corrected chi connectivity index (χ2v) is 10.1. The van der Waals surface area contributed by atoms with E-state index in [2.05, 4.69) is 58.0 Å². The zero-order valence-corrected chi connectivity index (χ0v) is 15.7. The van der Waals surface area contributed by atoms with E-state index in [9.17, 15) is 4.21 Å². The van der Waals surface area contributed by atoms with E-state index in [1.54, 1.807) is 0 Å². The van der Waals surface area contributed by atoms with Gasteiger partial charge in [0.2, 0.25) is 0 Å². The summed E-state index contributed by atoms with van der Waals surface area (Å²) >= 11 is 0. The third-order valence-corrected chi connectivity index (χ3v) is 8.05. The second kappa shape index (κ2) is 5.55. The maximum Gasteiger partial charge on any atom is 0.494 e. The van der Waals surface area contributed by atoms with E-state index in [0.29, 0.717) is 5.25 Å². The standard InChI is InChI=1S/C19H25BO3S/c1-18(2)19(3,4)23-20(22-18)15-7-5-6-13(10-15)14-11-16-8-9-17(12-14)24(16)21/h5-7,10-11,16-17H,8-9,12H2,1-4H3. The zero-order valence-electron chi connectivity index (χ0n) is 14.9. The molecule has 0 N–H and O–H groups in total. The van der Waals surface area contributed by atoms with Gasteiger partial charge in [-0.15, -0.1) is 0 Å². The van der Waals surface area contributed by atoms with E-state index < -0.39 is 10.8 Å². The van der Waals surface area contributed by atoms with Gasteiger partial charge >= 0.3 is 7.12 Å². The predicted octanol–water partition coefficient (Wildman–Crippen LogP) is 3.05. The van der Waals surface area contributed by atoms with E-state index in [1.165, 1.54) is 11.1 Å². The highest BCUT2D eigenvalue weighted by atomic mass is 32.2. The first-order valence-corrected chi connectivity index (χ1v) is 10.1. The third-order valence-electron chi connectivity index (χ3n) is 6.02. The van der Waals surface area contributed by atoms with Crippen LogP contribution in [-0.4, -0.2) is 33.0 Å². The van der Waals surface area contributed by atoms with E-state index in [4.69, 9.17) is 9.31 Å². The van der Waals surface area contributed by atoms with Gasteiger partial charge in [0.05, 0.1) is 16.5 Å². The van der Waals surface area contributed by atoms with Gasteiger partial charge in [0, 0.05) is 16.0 Å². The Balaban J connectivity index is 1.62. The Morgan fingerprint density at radius 3 is 2.50 bits per heavy atom. The Hall–Kier alpha value is -0.905. The van der Waals surface area contributed by atoms with Gasteiger partial charge in [0.25, 0.3) is 0 Å². The highest BCUT2D eigenvalue weighted by Gasteiger charge is 2.51. The summed E-state index contributed by atoms with van der Waals surface area (Å²) in [6.45, 7) is 8.31. The van der Waals surface area contributed by atoms with Crippen molar-refractivity contribution in [1.29, 1.82) is 0 Å². The molecule has 2 fully saturated rings. The molecule has 3 aliphatic heterocycles. The van der Waals surface area contributed by atoms with Crippen LogP contribution in [0.5, 0.6) is 0 Å². The van der Waals surface area contributed by atoms with Crippen LogP contribution in [-0.2, 0) is 20.1 Å². The minimum atomic E-state index is -0.667. The summed E-state index contributed by atoms with van der Waals surface area (Å²) in [6.07, 6.45) is 5.32. The number of benzene rings is 1. The summed E-state index contributed by atoms with van der Waals surface area (Å²) in [5.41, 5.74) is 2.96. The SMILES string of the molecule is CC1(C)OB(c2cccc(C3=CC4CCC(C3)S4=O)c2)OC1(C)C. The molecule has 24 heavy (non-hydrogen) atoms. The number of rotatable bonds is 2. The molecule has 4 rings (SSSR count). The maximum atomic E-state index is 12.2. The molecule has 2 bridgehead atoms. The van der Waals surface area contributed by atoms with Crippen molar-refractivity contribution < 1.29 is 13.5 Å². The molecule has 0 radical (unpaired) electrons. The summed E-state index contributed by atoms with van der Waals surface area (Å²) in [4.78, 5) is 0. The fraction of sp³-hybridized carbons (Fsp3) is 0.579. The molecule has 0 aliphatic carbocycles. The topological polar surface area (TPSA) is 35.5 Å². The van der Waals surface area contributed by atoms with Crippen LogP contribution >= 0.6 is 0 Å². The Labute approximate surface area is 147 Å². The molecule has 1 aromatic rings. The molecule has 3 nitrogen and oxygen atoms in total. The molecule has 0 saturated carbocycles. The normalized spacial score (nSPS) is 33.6. The summed E-state index contributed by atoms with van der Waals surface area (Å²) in [7, 11) is -0.996. The van der Waals surface area contributed by atoms with Crippen molar-refractivity contribution in [3.05, 3.63) is 35.9 Å². The van der Waals surface area contributed by atoms with E-state index in [0.717, 1.165) is 24.7 Å². The number of allylic oxidation sites excluding steroid dienone is 1. The van der Waals surface area contributed by atoms with Crippen LogP contribution in [0.1, 0.15) is 52.5 Å². The molecule has 2 saturated heterocycles. The molecule has 3 heterocycles. The molecule has 128 valence electrons. The predicted molar refractivity (Wildman–Crippen MR) is 99.7 cm³/mol. The van der Waals surface area contributed by atoms with E-state index in [-0.39, 0.29) is 23.6 Å². The number of hydrogen-bond donors (Lipinski definition) is 0. The van der Waals surface area contributed by atoms with Gasteiger partial charge in [-0.3, -0.25) is 4.21 Å². The molecule has 0 aromatic heterocycles. The second-order valence-electron chi connectivity index (χ2n) is 8.18. The quantitative estimate of drug-likeness (QED) is 0.774. The van der Waals surface area contributed by atoms with Gasteiger partial charge in [0.15, 0.2) is 0 Å². The molecule has 1 aromatic carbocycles. The van der Waals surface area contributed by atoms with Crippen molar-refractivity contribution in [3.8, 4) is 0 Å². The van der Waals surface area contributed by atoms with Gasteiger partial charge in [-0.1, -0.05) is 30.3 Å². The van der Waals surface area contributed by atoms with E-state index >= 15 is 0 Å². The average Bonchev–Trinajstić information content (AvgIpc) is 2.87. The summed E-state index contributed by atoms with van der Waals surface area (Å²) in [5.74, 6) is 0. The molecule has 0 spiro atoms. The van der Waals surface area contributed by atoms with Crippen molar-refractivity contribution in [1.82, 2.24) is 0 Å². The smallest absolute Gasteiger partial charge is 0.399 e. The van der Waals surface area contributed by atoms with Crippen LogP contribution in [0.15, 0.2) is 30.3 Å². The highest BCUT2D eigenvalue weighted by Crippen LogP contribution is 2.39. The highest BCUT2D eigenvalue weighted by molar-refractivity contribution is 7.86. The molecular weight excluding hydrogens is 319 g/mol. The largest absolute Gasteiger partial charge is 0.494 e. The first kappa shape index (κ1) is 16.6. The first-order chi connectivity index (χ1) is 11.3. The molecule has 0 amide bonds. The third kappa shape index (κ3) is 2.61. The fourth-order valence-corrected chi connectivity index (χ4v) is 5.65. The molecule has 3 atom stereocenters. The van der Waals surface area contributed by atoms with Crippen LogP contribution in [0.25, 0.3) is 5.57 Å². The monoisotopic (exact) mass is 344 g/mol. The van der Waals surface area contributed by atoms with E-state index in [1.807, 2.05) is 0 Å². The summed E-state index contributed by atoms with van der Waals surface area (Å²) in [5, 5.41) is 0.592. The van der Waals surface area contributed by atoms with Crippen molar-refractivity contribution in [3.63, 3.8) is 0 Å². The Morgan fingerprint density at radius 2 is 1.83 bits per heavy atom. The average molecular weight is 344 g/mol. The van der Waals surface area contributed by atoms with Crippen molar-refractivity contribution >= 4 is 29.0 Å². The Bertz CT molecular complexity index is 709. The summed E-state index contributed by atoms with van der Waals surface area (Å²) < 4.78 is 24.6. The minimum absolute atomic E-state index is 0.249. The van der Waals surface area contributed by atoms with Crippen LogP contribution in [0.3, 0.4) is 0 Å². The minimum Gasteiger partial charge on any atom is -0.399 e. The van der Waals surface area contributed by atoms with Gasteiger partial charge in [-0.05, 0) is 63.6 Å². The lowest BCUT2D eigenvalue weighted by atomic mass is 9.77. The first-order valence-electron chi connectivity index (χ1n) is 8.83. The van der Waals surface area contributed by atoms with Crippen LogP contribution in [0.2, 0.25) is 0 Å². The number of fused-ring (bicyclic) bond motifs is 2. The summed E-state index contributed by atoms with van der Waals surface area (Å²) in [6, 6.07) is 8.47. The molecule has 3 unspecified atom stereocenters. The van der Waals surface area contributed by atoms with Crippen LogP contribution in [0, 0.1) is 0 Å². The Kier molecular flexibility index (Phi) is 3.83. The lowest BCUT2D eigenvalue weighted by molar-refractivity contribution is 0.00578. The molecule has 5 heteroatoms. The molecular formula is C19H25BO3S. The Morgan fingerprint density at radius 1 is 1.12 bits per heavy atom. The lowest BCUT2D eigenvalue weighted by Crippen LogP contribution is -2.41. The van der Waals surface area contributed by atoms with Crippen molar-refractivity contribution in [2.24, 2.45) is 0 Å². The van der Waals surface area contributed by atoms with Gasteiger partial charge in [0.1, 0.15) is 0 Å². The van der Waals surface area contributed by atoms with Gasteiger partial charge in [-0.25, -0.2) is 0 Å². The van der Waals surface area contributed by atoms with Crippen LogP contribution < -0.4 is 5.46 Å². The maximum absolute atomic E-state index is 12.2. The lowest BCUT2D eigenvalue weighted by Gasteiger charge is -2.32. The van der Waals surface area contributed by atoms with Crippen molar-refractivity contribution in [2.45, 2.75) is 68.7 Å². The van der Waals surface area contributed by atoms with Gasteiger partial charge < -0.3 is 9.31 Å². The number of hydrogen-bond acceptors (Lipinski definition) is 3. The zero-order chi connectivity index (χ0) is 17.1. The van der Waals surface area contributed by atoms with Gasteiger partial charge in [-0.2, -0.15) is 0 Å². The molecule has 3 aliphatic rings. The van der Waals surface area contributed by atoms with Crippen LogP contribution in [0.4, 0.5) is 0 Å².